The van der Waals surface area contributed by atoms with Crippen LogP contribution in [0.3, 0.4) is 0 Å². The van der Waals surface area contributed by atoms with Crippen molar-refractivity contribution in [3.05, 3.63) is 35.4 Å². The molecule has 2 heterocycles. The minimum atomic E-state index is -3.00. The highest BCUT2D eigenvalue weighted by Gasteiger charge is 2.35. The third-order valence-corrected chi connectivity index (χ3v) is 7.79. The Hall–Kier alpha value is -1.44. The van der Waals surface area contributed by atoms with Gasteiger partial charge >= 0.3 is 0 Å². The summed E-state index contributed by atoms with van der Waals surface area (Å²) in [4.78, 5) is 14.8. The molecule has 1 aromatic carbocycles. The van der Waals surface area contributed by atoms with Crippen LogP contribution in [0.4, 0.5) is 0 Å². The van der Waals surface area contributed by atoms with E-state index in [1.807, 2.05) is 11.8 Å². The average Bonchev–Trinajstić information content (AvgIpc) is 3.30. The fourth-order valence-electron chi connectivity index (χ4n) is 4.42. The molecule has 7 heteroatoms. The van der Waals surface area contributed by atoms with Gasteiger partial charge in [-0.1, -0.05) is 38.1 Å². The highest BCUT2D eigenvalue weighted by atomic mass is 32.2. The lowest BCUT2D eigenvalue weighted by molar-refractivity contribution is -0.123. The predicted octanol–water partition coefficient (Wildman–Crippen LogP) is 2.73. The lowest BCUT2D eigenvalue weighted by Gasteiger charge is -2.30. The van der Waals surface area contributed by atoms with Crippen LogP contribution in [0, 0.1) is 5.92 Å². The van der Waals surface area contributed by atoms with Crippen LogP contribution in [-0.4, -0.2) is 62.6 Å². The van der Waals surface area contributed by atoms with Crippen molar-refractivity contribution in [3.63, 3.8) is 0 Å². The van der Waals surface area contributed by atoms with Crippen LogP contribution >= 0.6 is 0 Å². The van der Waals surface area contributed by atoms with E-state index in [4.69, 9.17) is 4.74 Å². The molecule has 2 fully saturated rings. The number of sulfone groups is 1. The van der Waals surface area contributed by atoms with E-state index in [0.717, 1.165) is 31.4 Å². The number of carbonyl (C=O) groups is 1. The molecule has 2 aliphatic heterocycles. The second-order valence-corrected chi connectivity index (χ2v) is 11.5. The zero-order valence-electron chi connectivity index (χ0n) is 18.5. The normalized spacial score (nSPS) is 24.4. The van der Waals surface area contributed by atoms with Gasteiger partial charge in [0.15, 0.2) is 9.84 Å². The van der Waals surface area contributed by atoms with Crippen LogP contribution in [0.25, 0.3) is 0 Å². The lowest BCUT2D eigenvalue weighted by atomic mass is 10.00. The Morgan fingerprint density at radius 3 is 2.50 bits per heavy atom. The number of hydrogen-bond donors (Lipinski definition) is 1. The van der Waals surface area contributed by atoms with Crippen LogP contribution in [0.15, 0.2) is 24.3 Å². The molecule has 0 aromatic heterocycles. The van der Waals surface area contributed by atoms with Crippen LogP contribution in [0.5, 0.6) is 0 Å². The third-order valence-electron chi connectivity index (χ3n) is 6.03. The Morgan fingerprint density at radius 1 is 1.20 bits per heavy atom. The first-order chi connectivity index (χ1) is 14.2. The molecule has 0 saturated carbocycles. The van der Waals surface area contributed by atoms with E-state index < -0.39 is 9.84 Å². The molecule has 2 aliphatic rings. The predicted molar refractivity (Wildman–Crippen MR) is 119 cm³/mol. The van der Waals surface area contributed by atoms with Crippen LogP contribution < -0.4 is 5.32 Å². The molecule has 30 heavy (non-hydrogen) atoms. The highest BCUT2D eigenvalue weighted by Crippen LogP contribution is 2.22. The fourth-order valence-corrected chi connectivity index (χ4v) is 6.19. The topological polar surface area (TPSA) is 75.7 Å². The maximum Gasteiger partial charge on any atom is 0.234 e. The van der Waals surface area contributed by atoms with Crippen molar-refractivity contribution in [3.8, 4) is 0 Å². The number of amides is 1. The van der Waals surface area contributed by atoms with Crippen molar-refractivity contribution in [1.29, 1.82) is 0 Å². The molecule has 168 valence electrons. The molecule has 1 amide bonds. The van der Waals surface area contributed by atoms with Gasteiger partial charge in [0, 0.05) is 19.2 Å². The largest absolute Gasteiger partial charge is 0.377 e. The van der Waals surface area contributed by atoms with Crippen LogP contribution in [-0.2, 0) is 25.8 Å². The van der Waals surface area contributed by atoms with Crippen molar-refractivity contribution in [2.75, 3.05) is 31.2 Å². The first kappa shape index (κ1) is 23.2. The van der Waals surface area contributed by atoms with Gasteiger partial charge in [0.2, 0.25) is 5.91 Å². The quantitative estimate of drug-likeness (QED) is 0.644. The van der Waals surface area contributed by atoms with Gasteiger partial charge in [0.25, 0.3) is 0 Å². The summed E-state index contributed by atoms with van der Waals surface area (Å²) in [6.07, 6.45) is 3.72. The standard InChI is InChI=1S/C23H36N2O4S/c1-17(2)13-19-6-8-20(9-7-19)18(3)24-23(26)15-25(14-22-5-4-11-29-22)21-10-12-30(27,28)16-21/h6-9,17-18,21-22H,4-5,10-16H2,1-3H3,(H,24,26). The summed E-state index contributed by atoms with van der Waals surface area (Å²) in [5, 5.41) is 3.09. The number of benzene rings is 1. The summed E-state index contributed by atoms with van der Waals surface area (Å²) in [7, 11) is -3.00. The van der Waals surface area contributed by atoms with Crippen molar-refractivity contribution in [2.24, 2.45) is 5.92 Å². The Morgan fingerprint density at radius 2 is 1.93 bits per heavy atom. The van der Waals surface area contributed by atoms with Crippen LogP contribution in [0.2, 0.25) is 0 Å². The summed E-state index contributed by atoms with van der Waals surface area (Å²) < 4.78 is 29.7. The number of rotatable bonds is 9. The van der Waals surface area contributed by atoms with Gasteiger partial charge in [-0.3, -0.25) is 9.69 Å². The Labute approximate surface area is 181 Å². The maximum absolute atomic E-state index is 12.8. The SMILES string of the molecule is CC(C)Cc1ccc(C(C)NC(=O)CN(CC2CCCO2)C2CCS(=O)(=O)C2)cc1. The molecule has 6 nitrogen and oxygen atoms in total. The molecule has 0 bridgehead atoms. The first-order valence-corrected chi connectivity index (χ1v) is 13.0. The van der Waals surface area contributed by atoms with Crippen molar-refractivity contribution in [1.82, 2.24) is 10.2 Å². The van der Waals surface area contributed by atoms with Crippen molar-refractivity contribution >= 4 is 15.7 Å². The maximum atomic E-state index is 12.8. The van der Waals surface area contributed by atoms with Crippen molar-refractivity contribution < 1.29 is 17.9 Å². The molecule has 3 unspecified atom stereocenters. The van der Waals surface area contributed by atoms with Gasteiger partial charge < -0.3 is 10.1 Å². The molecule has 0 radical (unpaired) electrons. The Balaban J connectivity index is 1.58. The molecule has 1 N–H and O–H groups in total. The average molecular weight is 437 g/mol. The minimum Gasteiger partial charge on any atom is -0.377 e. The van der Waals surface area contributed by atoms with E-state index in [9.17, 15) is 13.2 Å². The molecule has 3 rings (SSSR count). The van der Waals surface area contributed by atoms with Crippen LogP contribution in [0.1, 0.15) is 57.2 Å². The van der Waals surface area contributed by atoms with Gasteiger partial charge in [-0.2, -0.15) is 0 Å². The lowest BCUT2D eigenvalue weighted by Crippen LogP contribution is -2.47. The molecular formula is C23H36N2O4S. The van der Waals surface area contributed by atoms with Gasteiger partial charge in [0.1, 0.15) is 0 Å². The number of carbonyl (C=O) groups excluding carboxylic acids is 1. The second-order valence-electron chi connectivity index (χ2n) is 9.25. The van der Waals surface area contributed by atoms with Gasteiger partial charge in [0.05, 0.1) is 30.2 Å². The number of nitrogens with zero attached hydrogens (tertiary/aromatic N) is 1. The van der Waals surface area contributed by atoms with Gasteiger partial charge in [-0.25, -0.2) is 8.42 Å². The molecule has 3 atom stereocenters. The molecular weight excluding hydrogens is 400 g/mol. The Bertz CT molecular complexity index is 801. The zero-order valence-corrected chi connectivity index (χ0v) is 19.3. The second kappa shape index (κ2) is 10.2. The molecule has 1 aromatic rings. The van der Waals surface area contributed by atoms with E-state index >= 15 is 0 Å². The fraction of sp³-hybridized carbons (Fsp3) is 0.696. The molecule has 0 aliphatic carbocycles. The van der Waals surface area contributed by atoms with E-state index in [1.165, 1.54) is 5.56 Å². The highest BCUT2D eigenvalue weighted by molar-refractivity contribution is 7.91. The number of ether oxygens (including phenoxy) is 1. The smallest absolute Gasteiger partial charge is 0.234 e. The van der Waals surface area contributed by atoms with E-state index in [2.05, 4.69) is 43.4 Å². The zero-order chi connectivity index (χ0) is 21.7. The summed E-state index contributed by atoms with van der Waals surface area (Å²) in [6, 6.07) is 8.22. The van der Waals surface area contributed by atoms with E-state index in [1.54, 1.807) is 0 Å². The summed E-state index contributed by atoms with van der Waals surface area (Å²) in [5.74, 6) is 0.888. The van der Waals surface area contributed by atoms with Gasteiger partial charge in [-0.15, -0.1) is 0 Å². The Kier molecular flexibility index (Phi) is 7.93. The third kappa shape index (κ3) is 6.79. The summed E-state index contributed by atoms with van der Waals surface area (Å²) in [5.41, 5.74) is 2.38. The van der Waals surface area contributed by atoms with Crippen molar-refractivity contribution in [2.45, 2.75) is 64.6 Å². The van der Waals surface area contributed by atoms with E-state index in [-0.39, 0.29) is 42.1 Å². The molecule has 2 saturated heterocycles. The van der Waals surface area contributed by atoms with E-state index in [0.29, 0.717) is 18.9 Å². The molecule has 0 spiro atoms. The number of nitrogens with one attached hydrogen (secondary N) is 1. The number of hydrogen-bond acceptors (Lipinski definition) is 5. The monoisotopic (exact) mass is 436 g/mol. The first-order valence-electron chi connectivity index (χ1n) is 11.2. The van der Waals surface area contributed by atoms with Gasteiger partial charge in [-0.05, 0) is 49.7 Å². The summed E-state index contributed by atoms with van der Waals surface area (Å²) in [6.45, 7) is 7.96. The minimum absolute atomic E-state index is 0.0731. The summed E-state index contributed by atoms with van der Waals surface area (Å²) >= 11 is 0.